The average Bonchev–Trinajstić information content (AvgIpc) is 2.65. The fourth-order valence-corrected chi connectivity index (χ4v) is 1.89. The highest BCUT2D eigenvalue weighted by molar-refractivity contribution is 5.79. The fourth-order valence-electron chi connectivity index (χ4n) is 1.89. The first-order valence-corrected chi connectivity index (χ1v) is 5.23. The van der Waals surface area contributed by atoms with Gasteiger partial charge in [0.05, 0.1) is 0 Å². The Bertz CT molecular complexity index is 197. The third kappa shape index (κ3) is 2.69. The molecular weight excluding hydrogens is 180 g/mol. The Hall–Kier alpha value is -0.610. The third-order valence-corrected chi connectivity index (χ3v) is 2.79. The first-order chi connectivity index (χ1) is 6.69. The lowest BCUT2D eigenvalue weighted by atomic mass is 10.1. The van der Waals surface area contributed by atoms with Crippen LogP contribution in [0.15, 0.2) is 0 Å². The summed E-state index contributed by atoms with van der Waals surface area (Å²) in [4.78, 5) is 13.7. The standard InChI is InChI=1S/C10H20N2O2/c1-8(5-11-2)10(14)12-4-3-9(6-12)7-13/h8-9,11,13H,3-7H2,1-2H3. The van der Waals surface area contributed by atoms with Gasteiger partial charge in [0.1, 0.15) is 0 Å². The normalized spacial score (nSPS) is 23.9. The molecule has 1 aliphatic rings. The number of carbonyl (C=O) groups is 1. The van der Waals surface area contributed by atoms with E-state index in [0.717, 1.165) is 26.1 Å². The highest BCUT2D eigenvalue weighted by Gasteiger charge is 2.27. The highest BCUT2D eigenvalue weighted by atomic mass is 16.3. The second-order valence-electron chi connectivity index (χ2n) is 4.08. The maximum absolute atomic E-state index is 11.8. The summed E-state index contributed by atoms with van der Waals surface area (Å²) in [5, 5.41) is 12.0. The number of hydrogen-bond donors (Lipinski definition) is 2. The van der Waals surface area contributed by atoms with Gasteiger partial charge >= 0.3 is 0 Å². The lowest BCUT2D eigenvalue weighted by Crippen LogP contribution is -2.37. The fraction of sp³-hybridized carbons (Fsp3) is 0.900. The van der Waals surface area contributed by atoms with Crippen LogP contribution in [0.1, 0.15) is 13.3 Å². The van der Waals surface area contributed by atoms with Crippen LogP contribution in [0.5, 0.6) is 0 Å². The minimum atomic E-state index is 0.0393. The van der Waals surface area contributed by atoms with E-state index in [9.17, 15) is 4.79 Å². The van der Waals surface area contributed by atoms with Crippen LogP contribution in [0.2, 0.25) is 0 Å². The molecule has 2 unspecified atom stereocenters. The van der Waals surface area contributed by atoms with Gasteiger partial charge in [-0.2, -0.15) is 0 Å². The summed E-state index contributed by atoms with van der Waals surface area (Å²) in [6, 6.07) is 0. The van der Waals surface area contributed by atoms with E-state index in [-0.39, 0.29) is 18.4 Å². The molecule has 0 saturated carbocycles. The van der Waals surface area contributed by atoms with Crippen molar-refractivity contribution in [3.63, 3.8) is 0 Å². The van der Waals surface area contributed by atoms with Gasteiger partial charge in [0.15, 0.2) is 0 Å². The number of aliphatic hydroxyl groups excluding tert-OH is 1. The van der Waals surface area contributed by atoms with Crippen LogP contribution < -0.4 is 5.32 Å². The third-order valence-electron chi connectivity index (χ3n) is 2.79. The first-order valence-electron chi connectivity index (χ1n) is 5.23. The number of carbonyl (C=O) groups excluding carboxylic acids is 1. The predicted molar refractivity (Wildman–Crippen MR) is 54.9 cm³/mol. The van der Waals surface area contributed by atoms with E-state index in [4.69, 9.17) is 5.11 Å². The van der Waals surface area contributed by atoms with Crippen LogP contribution >= 0.6 is 0 Å². The van der Waals surface area contributed by atoms with Gasteiger partial charge in [-0.3, -0.25) is 4.79 Å². The SMILES string of the molecule is CNCC(C)C(=O)N1CCC(CO)C1. The Morgan fingerprint density at radius 2 is 2.43 bits per heavy atom. The average molecular weight is 200 g/mol. The van der Waals surface area contributed by atoms with Gasteiger partial charge in [0.2, 0.25) is 5.91 Å². The zero-order valence-corrected chi connectivity index (χ0v) is 8.99. The smallest absolute Gasteiger partial charge is 0.226 e. The van der Waals surface area contributed by atoms with Gasteiger partial charge in [-0.1, -0.05) is 6.92 Å². The van der Waals surface area contributed by atoms with Crippen LogP contribution in [0.4, 0.5) is 0 Å². The molecule has 82 valence electrons. The van der Waals surface area contributed by atoms with Crippen molar-refractivity contribution in [2.75, 3.05) is 33.3 Å². The molecule has 14 heavy (non-hydrogen) atoms. The Morgan fingerprint density at radius 3 is 2.93 bits per heavy atom. The predicted octanol–water partition coefficient (Wildman–Crippen LogP) is -0.317. The summed E-state index contributed by atoms with van der Waals surface area (Å²) in [6.45, 7) is 4.38. The summed E-state index contributed by atoms with van der Waals surface area (Å²) in [5.74, 6) is 0.536. The lowest BCUT2D eigenvalue weighted by molar-refractivity contribution is -0.133. The molecule has 1 amide bonds. The number of aliphatic hydroxyl groups is 1. The molecule has 1 heterocycles. The number of amides is 1. The monoisotopic (exact) mass is 200 g/mol. The molecule has 0 aromatic carbocycles. The van der Waals surface area contributed by atoms with Gasteiger partial charge in [-0.15, -0.1) is 0 Å². The van der Waals surface area contributed by atoms with Gasteiger partial charge in [0, 0.05) is 38.1 Å². The molecule has 1 rings (SSSR count). The summed E-state index contributed by atoms with van der Waals surface area (Å²) in [6.07, 6.45) is 0.939. The zero-order valence-electron chi connectivity index (χ0n) is 8.99. The van der Waals surface area contributed by atoms with Crippen molar-refractivity contribution in [2.24, 2.45) is 11.8 Å². The van der Waals surface area contributed by atoms with Crippen LogP contribution in [0, 0.1) is 11.8 Å². The summed E-state index contributed by atoms with van der Waals surface area (Å²) >= 11 is 0. The Balaban J connectivity index is 2.38. The Kier molecular flexibility index (Phi) is 4.35. The number of nitrogens with zero attached hydrogens (tertiary/aromatic N) is 1. The van der Waals surface area contributed by atoms with Crippen LogP contribution in [-0.4, -0.2) is 49.2 Å². The molecule has 4 heteroatoms. The number of likely N-dealkylation sites (tertiary alicyclic amines) is 1. The van der Waals surface area contributed by atoms with Crippen molar-refractivity contribution < 1.29 is 9.90 Å². The summed E-state index contributed by atoms with van der Waals surface area (Å²) < 4.78 is 0. The summed E-state index contributed by atoms with van der Waals surface area (Å²) in [7, 11) is 1.85. The molecule has 0 aromatic rings. The number of nitrogens with one attached hydrogen (secondary N) is 1. The molecule has 0 radical (unpaired) electrons. The summed E-state index contributed by atoms with van der Waals surface area (Å²) in [5.41, 5.74) is 0. The molecule has 0 aliphatic carbocycles. The van der Waals surface area contributed by atoms with Crippen molar-refractivity contribution in [2.45, 2.75) is 13.3 Å². The highest BCUT2D eigenvalue weighted by Crippen LogP contribution is 2.17. The van der Waals surface area contributed by atoms with Crippen molar-refractivity contribution in [1.82, 2.24) is 10.2 Å². The second-order valence-corrected chi connectivity index (χ2v) is 4.08. The molecule has 2 N–H and O–H groups in total. The van der Waals surface area contributed by atoms with E-state index in [1.165, 1.54) is 0 Å². The maximum Gasteiger partial charge on any atom is 0.226 e. The van der Waals surface area contributed by atoms with Gasteiger partial charge in [-0.05, 0) is 13.5 Å². The molecule has 0 aromatic heterocycles. The number of hydrogen-bond acceptors (Lipinski definition) is 3. The van der Waals surface area contributed by atoms with E-state index in [1.54, 1.807) is 0 Å². The van der Waals surface area contributed by atoms with Gasteiger partial charge in [-0.25, -0.2) is 0 Å². The maximum atomic E-state index is 11.8. The first kappa shape index (κ1) is 11.5. The molecule has 1 fully saturated rings. The van der Waals surface area contributed by atoms with Crippen LogP contribution in [0.25, 0.3) is 0 Å². The largest absolute Gasteiger partial charge is 0.396 e. The van der Waals surface area contributed by atoms with E-state index < -0.39 is 0 Å². The van der Waals surface area contributed by atoms with E-state index in [2.05, 4.69) is 5.32 Å². The van der Waals surface area contributed by atoms with Crippen molar-refractivity contribution in [1.29, 1.82) is 0 Å². The minimum Gasteiger partial charge on any atom is -0.396 e. The molecule has 1 saturated heterocycles. The van der Waals surface area contributed by atoms with Crippen LogP contribution in [0.3, 0.4) is 0 Å². The Labute approximate surface area is 85.3 Å². The molecule has 2 atom stereocenters. The van der Waals surface area contributed by atoms with Gasteiger partial charge in [0.25, 0.3) is 0 Å². The van der Waals surface area contributed by atoms with Gasteiger partial charge < -0.3 is 15.3 Å². The molecule has 0 bridgehead atoms. The zero-order chi connectivity index (χ0) is 10.6. The van der Waals surface area contributed by atoms with E-state index >= 15 is 0 Å². The quantitative estimate of drug-likeness (QED) is 0.654. The van der Waals surface area contributed by atoms with E-state index in [0.29, 0.717) is 5.92 Å². The topological polar surface area (TPSA) is 52.6 Å². The molecular formula is C10H20N2O2. The van der Waals surface area contributed by atoms with Crippen LogP contribution in [-0.2, 0) is 4.79 Å². The van der Waals surface area contributed by atoms with Crippen molar-refractivity contribution in [3.8, 4) is 0 Å². The van der Waals surface area contributed by atoms with E-state index in [1.807, 2.05) is 18.9 Å². The lowest BCUT2D eigenvalue weighted by Gasteiger charge is -2.20. The van der Waals surface area contributed by atoms with Crippen molar-refractivity contribution >= 4 is 5.91 Å². The number of rotatable bonds is 4. The minimum absolute atomic E-state index is 0.0393. The molecule has 1 aliphatic heterocycles. The molecule has 4 nitrogen and oxygen atoms in total. The second kappa shape index (κ2) is 5.32. The molecule has 0 spiro atoms. The van der Waals surface area contributed by atoms with Crippen molar-refractivity contribution in [3.05, 3.63) is 0 Å². The Morgan fingerprint density at radius 1 is 1.71 bits per heavy atom.